The first-order valence-corrected chi connectivity index (χ1v) is 13.6. The number of hydrogen-bond donors (Lipinski definition) is 8. The minimum absolute atomic E-state index is 0.00548. The summed E-state index contributed by atoms with van der Waals surface area (Å²) in [5.41, 5.74) is 0.520. The number of ether oxygens (including phenoxy) is 4. The van der Waals surface area contributed by atoms with Gasteiger partial charge < -0.3 is 64.7 Å². The normalized spacial score (nSPS) is 31.9. The van der Waals surface area contributed by atoms with E-state index in [4.69, 9.17) is 24.1 Å². The topological polar surface area (TPSA) is 236 Å². The molecule has 240 valence electrons. The summed E-state index contributed by atoms with van der Waals surface area (Å²) in [4.78, 5) is 26.3. The van der Waals surface area contributed by atoms with E-state index in [1.54, 1.807) is 17.1 Å². The molecule has 3 rings (SSSR count). The summed E-state index contributed by atoms with van der Waals surface area (Å²) in [7, 11) is 0. The third kappa shape index (κ3) is 8.72. The van der Waals surface area contributed by atoms with Crippen LogP contribution in [-0.2, 0) is 28.5 Å². The molecule has 1 saturated heterocycles. The van der Waals surface area contributed by atoms with Crippen LogP contribution in [0.5, 0.6) is 0 Å². The van der Waals surface area contributed by atoms with Crippen LogP contribution in [0.4, 0.5) is 0 Å². The van der Waals surface area contributed by atoms with E-state index in [-0.39, 0.29) is 43.9 Å². The molecule has 3 aliphatic heterocycles. The summed E-state index contributed by atoms with van der Waals surface area (Å²) in [6, 6.07) is 0. The van der Waals surface area contributed by atoms with Crippen LogP contribution in [0.25, 0.3) is 0 Å². The number of rotatable bonds is 14. The first-order valence-electron chi connectivity index (χ1n) is 13.6. The van der Waals surface area contributed by atoms with Crippen LogP contribution in [0.3, 0.4) is 0 Å². The van der Waals surface area contributed by atoms with Crippen molar-refractivity contribution in [3.8, 4) is 0 Å². The summed E-state index contributed by atoms with van der Waals surface area (Å²) in [6.07, 6.45) is -1.69. The van der Waals surface area contributed by atoms with E-state index >= 15 is 0 Å². The lowest BCUT2D eigenvalue weighted by Crippen LogP contribution is -2.60. The predicted octanol–water partition coefficient (Wildman–Crippen LogP) is -2.49. The number of carbonyl (C=O) groups excluding carboxylic acids is 1. The fourth-order valence-electron chi connectivity index (χ4n) is 4.73. The van der Waals surface area contributed by atoms with Crippen molar-refractivity contribution in [3.63, 3.8) is 0 Å². The van der Waals surface area contributed by atoms with E-state index < -0.39 is 80.1 Å². The SMILES string of the molecule is C=CC1C(OC2OC(CO)C(O)C(O)C2O)OC=C(C(=O)OCCC(O)CO)C1C=CC1=CC(C(=O)O)=CN(CCO)C1. The maximum atomic E-state index is 13.1. The van der Waals surface area contributed by atoms with E-state index in [2.05, 4.69) is 6.58 Å². The Labute approximate surface area is 247 Å². The molecule has 3 aliphatic rings. The molecule has 0 aromatic carbocycles. The molecular formula is C28H39NO14. The van der Waals surface area contributed by atoms with Crippen LogP contribution < -0.4 is 0 Å². The number of esters is 1. The molecular weight excluding hydrogens is 574 g/mol. The highest BCUT2D eigenvalue weighted by Crippen LogP contribution is 2.36. The molecule has 15 nitrogen and oxygen atoms in total. The van der Waals surface area contributed by atoms with Gasteiger partial charge in [-0.2, -0.15) is 0 Å². The Kier molecular flexibility index (Phi) is 12.9. The zero-order valence-corrected chi connectivity index (χ0v) is 23.3. The third-order valence-corrected chi connectivity index (χ3v) is 7.14. The highest BCUT2D eigenvalue weighted by Gasteiger charge is 2.47. The summed E-state index contributed by atoms with van der Waals surface area (Å²) in [5, 5.41) is 77.6. The Morgan fingerprint density at radius 1 is 1.14 bits per heavy atom. The van der Waals surface area contributed by atoms with Gasteiger partial charge >= 0.3 is 11.9 Å². The lowest BCUT2D eigenvalue weighted by atomic mass is 9.83. The Balaban J connectivity index is 1.90. The smallest absolute Gasteiger partial charge is 0.337 e. The molecule has 0 aliphatic carbocycles. The number of aliphatic carboxylic acids is 1. The maximum Gasteiger partial charge on any atom is 0.337 e. The van der Waals surface area contributed by atoms with Gasteiger partial charge in [0.2, 0.25) is 6.29 Å². The van der Waals surface area contributed by atoms with Crippen LogP contribution in [0.1, 0.15) is 6.42 Å². The van der Waals surface area contributed by atoms with Crippen molar-refractivity contribution < 1.29 is 69.4 Å². The number of aliphatic hydroxyl groups excluding tert-OH is 7. The minimum Gasteiger partial charge on any atom is -0.478 e. The summed E-state index contributed by atoms with van der Waals surface area (Å²) < 4.78 is 22.1. The molecule has 0 radical (unpaired) electrons. The van der Waals surface area contributed by atoms with Crippen molar-refractivity contribution >= 4 is 11.9 Å². The Morgan fingerprint density at radius 3 is 2.51 bits per heavy atom. The van der Waals surface area contributed by atoms with Crippen LogP contribution in [-0.4, -0.2) is 140 Å². The monoisotopic (exact) mass is 613 g/mol. The van der Waals surface area contributed by atoms with Crippen molar-refractivity contribution in [2.75, 3.05) is 39.5 Å². The molecule has 9 unspecified atom stereocenters. The van der Waals surface area contributed by atoms with Gasteiger partial charge in [0.1, 0.15) is 24.4 Å². The van der Waals surface area contributed by atoms with E-state index in [1.165, 1.54) is 18.4 Å². The Hall–Kier alpha value is -3.12. The van der Waals surface area contributed by atoms with Gasteiger partial charge in [-0.3, -0.25) is 0 Å². The zero-order valence-electron chi connectivity index (χ0n) is 23.3. The van der Waals surface area contributed by atoms with E-state index in [9.17, 15) is 45.3 Å². The molecule has 0 aromatic heterocycles. The van der Waals surface area contributed by atoms with E-state index in [0.717, 1.165) is 6.26 Å². The van der Waals surface area contributed by atoms with Gasteiger partial charge in [-0.25, -0.2) is 9.59 Å². The molecule has 9 atom stereocenters. The molecule has 1 fully saturated rings. The lowest BCUT2D eigenvalue weighted by Gasteiger charge is -2.42. The number of hydrogen-bond acceptors (Lipinski definition) is 14. The second-order valence-electron chi connectivity index (χ2n) is 10.2. The third-order valence-electron chi connectivity index (χ3n) is 7.14. The second-order valence-corrected chi connectivity index (χ2v) is 10.2. The molecule has 15 heteroatoms. The van der Waals surface area contributed by atoms with Gasteiger partial charge in [0, 0.05) is 31.6 Å². The lowest BCUT2D eigenvalue weighted by molar-refractivity contribution is -0.338. The minimum atomic E-state index is -1.72. The van der Waals surface area contributed by atoms with Gasteiger partial charge in [0.25, 0.3) is 0 Å². The fourth-order valence-corrected chi connectivity index (χ4v) is 4.73. The molecule has 0 spiro atoms. The fraction of sp³-hybridized carbons (Fsp3) is 0.571. The molecule has 0 amide bonds. The molecule has 43 heavy (non-hydrogen) atoms. The number of β-amino-alcohol motifs (C(OH)–C–C–N with tert-alkyl or cyclic N) is 1. The first kappa shape index (κ1) is 34.4. The average molecular weight is 614 g/mol. The highest BCUT2D eigenvalue weighted by molar-refractivity contribution is 5.90. The molecule has 0 saturated carbocycles. The Morgan fingerprint density at radius 2 is 1.88 bits per heavy atom. The standard InChI is InChI=1S/C28H39NO14/c1-2-18-19(4-3-15-9-16(25(37)38)11-29(10-15)6-7-30)20(26(39)40-8-5-17(33)12-31)14-41-27(18)43-28-24(36)23(35)22(34)21(13-32)42-28/h2-4,9,11,14,17-19,21-24,27-28,30-36H,1,5-8,10,12-13H2,(H,37,38). The first-order chi connectivity index (χ1) is 20.5. The zero-order chi connectivity index (χ0) is 31.7. The van der Waals surface area contributed by atoms with E-state index in [0.29, 0.717) is 5.57 Å². The van der Waals surface area contributed by atoms with Crippen molar-refractivity contribution in [1.29, 1.82) is 0 Å². The van der Waals surface area contributed by atoms with Crippen molar-refractivity contribution in [3.05, 3.63) is 60.1 Å². The molecule has 3 heterocycles. The average Bonchev–Trinajstić information content (AvgIpc) is 2.99. The van der Waals surface area contributed by atoms with Gasteiger partial charge in [0.05, 0.1) is 55.9 Å². The number of carboxylic acids is 1. The van der Waals surface area contributed by atoms with Gasteiger partial charge in [-0.05, 0) is 11.6 Å². The predicted molar refractivity (Wildman–Crippen MR) is 145 cm³/mol. The van der Waals surface area contributed by atoms with Crippen LogP contribution in [0.15, 0.2) is 60.1 Å². The van der Waals surface area contributed by atoms with Crippen LogP contribution in [0, 0.1) is 11.8 Å². The largest absolute Gasteiger partial charge is 0.478 e. The second kappa shape index (κ2) is 16.1. The number of carboxylic acid groups (broad SMARTS) is 1. The van der Waals surface area contributed by atoms with Gasteiger partial charge in [-0.15, -0.1) is 6.58 Å². The summed E-state index contributed by atoms with van der Waals surface area (Å²) in [5.74, 6) is -3.71. The molecule has 0 aromatic rings. The molecule has 8 N–H and O–H groups in total. The van der Waals surface area contributed by atoms with Crippen molar-refractivity contribution in [1.82, 2.24) is 4.90 Å². The van der Waals surface area contributed by atoms with E-state index in [1.807, 2.05) is 0 Å². The number of nitrogens with zero attached hydrogens (tertiary/aromatic N) is 1. The quantitative estimate of drug-likeness (QED) is 0.0747. The number of carbonyl (C=O) groups is 2. The number of aliphatic hydroxyl groups is 7. The summed E-state index contributed by atoms with van der Waals surface area (Å²) >= 11 is 0. The maximum absolute atomic E-state index is 13.1. The van der Waals surface area contributed by atoms with Crippen LogP contribution >= 0.6 is 0 Å². The van der Waals surface area contributed by atoms with Gasteiger partial charge in [0.15, 0.2) is 6.29 Å². The van der Waals surface area contributed by atoms with Gasteiger partial charge in [-0.1, -0.05) is 18.2 Å². The Bertz CT molecular complexity index is 1100. The molecule has 0 bridgehead atoms. The number of allylic oxidation sites excluding steroid dienone is 1. The highest BCUT2D eigenvalue weighted by atomic mass is 16.8. The van der Waals surface area contributed by atoms with Crippen LogP contribution in [0.2, 0.25) is 0 Å². The van der Waals surface area contributed by atoms with Crippen molar-refractivity contribution in [2.45, 2.75) is 49.5 Å². The van der Waals surface area contributed by atoms with Crippen molar-refractivity contribution in [2.24, 2.45) is 11.8 Å². The summed E-state index contributed by atoms with van der Waals surface area (Å²) in [6.45, 7) is 2.62.